The van der Waals surface area contributed by atoms with Crippen molar-refractivity contribution in [1.29, 1.82) is 0 Å². The lowest BCUT2D eigenvalue weighted by molar-refractivity contribution is -0.577. The monoisotopic (exact) mass is 328 g/mol. The number of carbonyl (C=O) groups is 1. The van der Waals surface area contributed by atoms with E-state index >= 15 is 0 Å². The summed E-state index contributed by atoms with van der Waals surface area (Å²) in [6.45, 7) is 0.291. The van der Waals surface area contributed by atoms with Crippen molar-refractivity contribution in [3.63, 3.8) is 0 Å². The molecule has 0 aliphatic heterocycles. The number of rotatable bonds is 3. The number of carbonyl (C=O) groups excluding carboxylic acids is 1. The number of pyridine rings is 1. The van der Waals surface area contributed by atoms with E-state index in [2.05, 4.69) is 5.32 Å². The number of phenols is 1. The molecule has 0 unspecified atom stereocenters. The zero-order valence-electron chi connectivity index (χ0n) is 12.0. The van der Waals surface area contributed by atoms with Crippen molar-refractivity contribution in [3.8, 4) is 5.75 Å². The third-order valence-electron chi connectivity index (χ3n) is 3.51. The third-order valence-corrected chi connectivity index (χ3v) is 3.76. The Balaban J connectivity index is 1.85. The maximum absolute atomic E-state index is 12.3. The summed E-state index contributed by atoms with van der Waals surface area (Å²) in [5.74, 6) is -0.782. The summed E-state index contributed by atoms with van der Waals surface area (Å²) in [5.41, 5.74) is 1.01. The Morgan fingerprint density at radius 2 is 1.91 bits per heavy atom. The van der Waals surface area contributed by atoms with Gasteiger partial charge in [-0.2, -0.15) is 4.73 Å². The Morgan fingerprint density at radius 1 is 1.17 bits per heavy atom. The van der Waals surface area contributed by atoms with Gasteiger partial charge in [0.05, 0.1) is 10.9 Å². The Morgan fingerprint density at radius 3 is 2.65 bits per heavy atom. The van der Waals surface area contributed by atoms with Crippen molar-refractivity contribution in [3.05, 3.63) is 76.1 Å². The molecular formula is C17H13ClN2O3. The first-order chi connectivity index (χ1) is 11.1. The first kappa shape index (κ1) is 15.1. The largest absolute Gasteiger partial charge is 0.618 e. The van der Waals surface area contributed by atoms with E-state index in [1.165, 1.54) is 12.3 Å². The van der Waals surface area contributed by atoms with Gasteiger partial charge in [0.15, 0.2) is 6.20 Å². The zero-order valence-corrected chi connectivity index (χ0v) is 12.7. The molecule has 2 aromatic carbocycles. The van der Waals surface area contributed by atoms with Gasteiger partial charge in [0, 0.05) is 17.6 Å². The second-order valence-electron chi connectivity index (χ2n) is 5.04. The lowest BCUT2D eigenvalue weighted by atomic mass is 10.1. The highest BCUT2D eigenvalue weighted by molar-refractivity contribution is 6.30. The number of halogens is 1. The molecule has 0 spiro atoms. The molecule has 1 amide bonds. The molecule has 5 nitrogen and oxygen atoms in total. The van der Waals surface area contributed by atoms with E-state index in [0.717, 1.165) is 5.56 Å². The molecule has 0 fully saturated rings. The van der Waals surface area contributed by atoms with Gasteiger partial charge in [-0.1, -0.05) is 23.7 Å². The Hall–Kier alpha value is -2.79. The molecule has 0 saturated carbocycles. The smallest absolute Gasteiger partial charge is 0.266 e. The Bertz CT molecular complexity index is 879. The van der Waals surface area contributed by atoms with Gasteiger partial charge in [0.2, 0.25) is 5.75 Å². The fourth-order valence-corrected chi connectivity index (χ4v) is 2.45. The number of hydrogen-bond acceptors (Lipinski definition) is 3. The molecule has 0 radical (unpaired) electrons. The minimum absolute atomic E-state index is 0.0577. The molecule has 0 atom stereocenters. The van der Waals surface area contributed by atoms with E-state index in [9.17, 15) is 15.1 Å². The van der Waals surface area contributed by atoms with Gasteiger partial charge in [-0.15, -0.1) is 0 Å². The van der Waals surface area contributed by atoms with Crippen LogP contribution in [0.15, 0.2) is 54.7 Å². The Labute approximate surface area is 137 Å². The van der Waals surface area contributed by atoms with E-state index in [1.54, 1.807) is 42.5 Å². The third kappa shape index (κ3) is 3.05. The van der Waals surface area contributed by atoms with E-state index in [1.807, 2.05) is 0 Å². The summed E-state index contributed by atoms with van der Waals surface area (Å²) in [6, 6.07) is 13.5. The molecular weight excluding hydrogens is 316 g/mol. The quantitative estimate of drug-likeness (QED) is 0.573. The first-order valence-electron chi connectivity index (χ1n) is 6.93. The number of phenolic OH excluding ortho intramolecular Hbond substituents is 1. The van der Waals surface area contributed by atoms with Gasteiger partial charge in [0.1, 0.15) is 0 Å². The van der Waals surface area contributed by atoms with Crippen LogP contribution < -0.4 is 10.0 Å². The minimum atomic E-state index is -0.455. The molecule has 0 saturated heterocycles. The van der Waals surface area contributed by atoms with Gasteiger partial charge in [-0.3, -0.25) is 4.79 Å². The highest BCUT2D eigenvalue weighted by atomic mass is 35.5. The summed E-state index contributed by atoms with van der Waals surface area (Å²) >= 11 is 5.81. The second-order valence-corrected chi connectivity index (χ2v) is 5.48. The highest BCUT2D eigenvalue weighted by Gasteiger charge is 2.18. The van der Waals surface area contributed by atoms with E-state index in [-0.39, 0.29) is 16.8 Å². The van der Waals surface area contributed by atoms with Crippen LogP contribution >= 0.6 is 11.6 Å². The number of hydrogen-bond donors (Lipinski definition) is 2. The molecule has 3 aromatic rings. The van der Waals surface area contributed by atoms with Gasteiger partial charge >= 0.3 is 0 Å². The minimum Gasteiger partial charge on any atom is -0.618 e. The molecule has 116 valence electrons. The van der Waals surface area contributed by atoms with Crippen molar-refractivity contribution in [2.45, 2.75) is 6.54 Å². The number of aromatic nitrogens is 1. The highest BCUT2D eigenvalue weighted by Crippen LogP contribution is 2.25. The van der Waals surface area contributed by atoms with Gasteiger partial charge in [-0.05, 0) is 35.9 Å². The van der Waals surface area contributed by atoms with E-state index < -0.39 is 5.91 Å². The maximum Gasteiger partial charge on any atom is 0.266 e. The van der Waals surface area contributed by atoms with Crippen molar-refractivity contribution in [1.82, 2.24) is 5.32 Å². The standard InChI is InChI=1S/C17H13ClN2O3/c18-13-6-3-11(4-7-13)10-19-17(22)14-8-5-12-2-1-9-20(23)15(12)16(14)21/h1-9,21H,10H2,(H,19,22). The average Bonchev–Trinajstić information content (AvgIpc) is 2.54. The maximum atomic E-state index is 12.3. The molecule has 23 heavy (non-hydrogen) atoms. The fraction of sp³-hybridized carbons (Fsp3) is 0.0588. The molecule has 0 bridgehead atoms. The summed E-state index contributed by atoms with van der Waals surface area (Å²) in [6.07, 6.45) is 1.28. The molecule has 6 heteroatoms. The number of fused-ring (bicyclic) bond motifs is 1. The molecule has 0 aliphatic rings. The number of aromatic hydroxyl groups is 1. The summed E-state index contributed by atoms with van der Waals surface area (Å²) in [5, 5.41) is 25.9. The predicted octanol–water partition coefficient (Wildman–Crippen LogP) is 2.76. The normalized spacial score (nSPS) is 10.7. The molecule has 0 aliphatic carbocycles. The van der Waals surface area contributed by atoms with Crippen LogP contribution in [0.4, 0.5) is 0 Å². The van der Waals surface area contributed by atoms with E-state index in [4.69, 9.17) is 11.6 Å². The van der Waals surface area contributed by atoms with Gasteiger partial charge in [-0.25, -0.2) is 0 Å². The number of nitrogens with zero attached hydrogens (tertiary/aromatic N) is 1. The number of benzene rings is 2. The molecule has 2 N–H and O–H groups in total. The van der Waals surface area contributed by atoms with Crippen molar-refractivity contribution < 1.29 is 14.6 Å². The van der Waals surface area contributed by atoms with Crippen LogP contribution in [-0.4, -0.2) is 11.0 Å². The number of nitrogens with one attached hydrogen (secondary N) is 1. The van der Waals surface area contributed by atoms with Crippen molar-refractivity contribution >= 4 is 28.4 Å². The van der Waals surface area contributed by atoms with Crippen LogP contribution in [0.5, 0.6) is 5.75 Å². The van der Waals surface area contributed by atoms with Crippen LogP contribution in [0.25, 0.3) is 10.9 Å². The average molecular weight is 329 g/mol. The lowest BCUT2D eigenvalue weighted by Crippen LogP contribution is -2.27. The first-order valence-corrected chi connectivity index (χ1v) is 7.30. The van der Waals surface area contributed by atoms with Crippen LogP contribution in [0.3, 0.4) is 0 Å². The van der Waals surface area contributed by atoms with E-state index in [0.29, 0.717) is 21.7 Å². The topological polar surface area (TPSA) is 76.3 Å². The van der Waals surface area contributed by atoms with Crippen LogP contribution in [0.2, 0.25) is 5.02 Å². The second kappa shape index (κ2) is 6.14. The molecule has 1 aromatic heterocycles. The fourth-order valence-electron chi connectivity index (χ4n) is 2.32. The zero-order chi connectivity index (χ0) is 16.4. The van der Waals surface area contributed by atoms with Crippen LogP contribution in [0.1, 0.15) is 15.9 Å². The molecule has 3 rings (SSSR count). The van der Waals surface area contributed by atoms with Crippen molar-refractivity contribution in [2.75, 3.05) is 0 Å². The Kier molecular flexibility index (Phi) is 4.04. The van der Waals surface area contributed by atoms with Gasteiger partial charge < -0.3 is 15.6 Å². The predicted molar refractivity (Wildman–Crippen MR) is 87.2 cm³/mol. The summed E-state index contributed by atoms with van der Waals surface area (Å²) in [4.78, 5) is 12.3. The van der Waals surface area contributed by atoms with Gasteiger partial charge in [0.25, 0.3) is 11.4 Å². The summed E-state index contributed by atoms with van der Waals surface area (Å²) < 4.78 is 0.542. The number of amides is 1. The summed E-state index contributed by atoms with van der Waals surface area (Å²) in [7, 11) is 0. The SMILES string of the molecule is O=C(NCc1ccc(Cl)cc1)c1ccc2ccc[n+]([O-])c2c1O. The van der Waals surface area contributed by atoms with Crippen LogP contribution in [-0.2, 0) is 6.54 Å². The van der Waals surface area contributed by atoms with Crippen LogP contribution in [0, 0.1) is 5.21 Å². The molecule has 1 heterocycles. The van der Waals surface area contributed by atoms with Crippen molar-refractivity contribution in [2.24, 2.45) is 0 Å². The lowest BCUT2D eigenvalue weighted by Gasteiger charge is -2.09.